The summed E-state index contributed by atoms with van der Waals surface area (Å²) in [5.41, 5.74) is 0.262. The fourth-order valence-corrected chi connectivity index (χ4v) is 2.11. The molecular weight excluding hydrogens is 288 g/mol. The van der Waals surface area contributed by atoms with Gasteiger partial charge in [-0.25, -0.2) is 17.6 Å². The monoisotopic (exact) mass is 296 g/mol. The molecular formula is C14H8F4N2O. The summed E-state index contributed by atoms with van der Waals surface area (Å²) in [5.74, 6) is -4.98. The summed E-state index contributed by atoms with van der Waals surface area (Å²) in [4.78, 5) is 11.9. The third kappa shape index (κ3) is 2.31. The van der Waals surface area contributed by atoms with Crippen LogP contribution in [0.5, 0.6) is 0 Å². The fourth-order valence-electron chi connectivity index (χ4n) is 2.11. The molecule has 108 valence electrons. The minimum absolute atomic E-state index is 0.0623. The van der Waals surface area contributed by atoms with Gasteiger partial charge in [-0.15, -0.1) is 0 Å². The lowest BCUT2D eigenvalue weighted by Crippen LogP contribution is -2.38. The van der Waals surface area contributed by atoms with Crippen LogP contribution in [0.15, 0.2) is 30.3 Å². The van der Waals surface area contributed by atoms with Crippen LogP contribution in [0, 0.1) is 23.3 Å². The van der Waals surface area contributed by atoms with Crippen LogP contribution < -0.4 is 10.6 Å². The number of nitrogens with one attached hydrogen (secondary N) is 2. The zero-order chi connectivity index (χ0) is 15.1. The highest BCUT2D eigenvalue weighted by atomic mass is 19.2. The Kier molecular flexibility index (Phi) is 3.04. The maximum atomic E-state index is 13.2. The Morgan fingerprint density at radius 2 is 1.48 bits per heavy atom. The first kappa shape index (κ1) is 13.4. The van der Waals surface area contributed by atoms with Crippen LogP contribution >= 0.6 is 0 Å². The molecule has 0 aromatic heterocycles. The molecule has 1 amide bonds. The Hall–Kier alpha value is -2.57. The van der Waals surface area contributed by atoms with Crippen LogP contribution in [-0.2, 0) is 0 Å². The number of hydrogen-bond donors (Lipinski definition) is 2. The average molecular weight is 296 g/mol. The lowest BCUT2D eigenvalue weighted by Gasteiger charge is -2.28. The first-order valence-corrected chi connectivity index (χ1v) is 5.97. The Morgan fingerprint density at radius 3 is 2.19 bits per heavy atom. The van der Waals surface area contributed by atoms with Gasteiger partial charge in [-0.2, -0.15) is 0 Å². The van der Waals surface area contributed by atoms with Crippen molar-refractivity contribution in [3.05, 3.63) is 64.7 Å². The van der Waals surface area contributed by atoms with Crippen molar-refractivity contribution in [2.75, 3.05) is 5.32 Å². The van der Waals surface area contributed by atoms with Crippen molar-refractivity contribution in [3.8, 4) is 0 Å². The van der Waals surface area contributed by atoms with Gasteiger partial charge < -0.3 is 10.6 Å². The molecule has 0 spiro atoms. The molecule has 0 saturated heterocycles. The van der Waals surface area contributed by atoms with Gasteiger partial charge in [-0.1, -0.05) is 6.07 Å². The van der Waals surface area contributed by atoms with E-state index in [-0.39, 0.29) is 16.8 Å². The molecule has 1 aliphatic rings. The molecule has 1 heterocycles. The predicted octanol–water partition coefficient (Wildman–Crippen LogP) is 3.10. The summed E-state index contributed by atoms with van der Waals surface area (Å²) in [6.45, 7) is 0. The largest absolute Gasteiger partial charge is 0.361 e. The molecule has 0 fully saturated rings. The number of halogens is 4. The van der Waals surface area contributed by atoms with Gasteiger partial charge in [0.2, 0.25) is 0 Å². The van der Waals surface area contributed by atoms with E-state index in [4.69, 9.17) is 0 Å². The van der Waals surface area contributed by atoms with Crippen molar-refractivity contribution >= 4 is 11.6 Å². The summed E-state index contributed by atoms with van der Waals surface area (Å²) in [6.07, 6.45) is -0.870. The van der Waals surface area contributed by atoms with Crippen molar-refractivity contribution in [2.45, 2.75) is 6.17 Å². The molecule has 2 N–H and O–H groups in total. The molecule has 3 nitrogen and oxygen atoms in total. The second kappa shape index (κ2) is 4.76. The Labute approximate surface area is 116 Å². The number of carbonyl (C=O) groups is 1. The SMILES string of the molecule is O=C1NC(c2ccc(F)c(F)c2)Nc2cc(F)c(F)cc21. The zero-order valence-electron chi connectivity index (χ0n) is 10.4. The smallest absolute Gasteiger partial charge is 0.255 e. The van der Waals surface area contributed by atoms with E-state index >= 15 is 0 Å². The number of rotatable bonds is 1. The minimum atomic E-state index is -1.14. The molecule has 2 aromatic carbocycles. The summed E-state index contributed by atoms with van der Waals surface area (Å²) in [7, 11) is 0. The van der Waals surface area contributed by atoms with E-state index in [0.717, 1.165) is 24.3 Å². The third-order valence-electron chi connectivity index (χ3n) is 3.16. The van der Waals surface area contributed by atoms with Crippen molar-refractivity contribution in [1.29, 1.82) is 0 Å². The fraction of sp³-hybridized carbons (Fsp3) is 0.0714. The highest BCUT2D eigenvalue weighted by Gasteiger charge is 2.26. The van der Waals surface area contributed by atoms with E-state index in [1.165, 1.54) is 6.07 Å². The van der Waals surface area contributed by atoms with E-state index in [1.54, 1.807) is 0 Å². The van der Waals surface area contributed by atoms with Crippen molar-refractivity contribution in [2.24, 2.45) is 0 Å². The van der Waals surface area contributed by atoms with Gasteiger partial charge in [-0.3, -0.25) is 4.79 Å². The Morgan fingerprint density at radius 1 is 0.810 bits per heavy atom. The van der Waals surface area contributed by atoms with Crippen LogP contribution in [0.25, 0.3) is 0 Å². The maximum absolute atomic E-state index is 13.2. The summed E-state index contributed by atoms with van der Waals surface area (Å²) in [5, 5.41) is 5.18. The minimum Gasteiger partial charge on any atom is -0.361 e. The van der Waals surface area contributed by atoms with Crippen LogP contribution in [0.2, 0.25) is 0 Å². The maximum Gasteiger partial charge on any atom is 0.255 e. The Bertz CT molecular complexity index is 748. The third-order valence-corrected chi connectivity index (χ3v) is 3.16. The van der Waals surface area contributed by atoms with Gasteiger partial charge in [0.05, 0.1) is 11.3 Å². The van der Waals surface area contributed by atoms with Gasteiger partial charge in [0.25, 0.3) is 5.91 Å². The van der Waals surface area contributed by atoms with E-state index in [2.05, 4.69) is 10.6 Å². The van der Waals surface area contributed by atoms with E-state index < -0.39 is 35.3 Å². The van der Waals surface area contributed by atoms with Crippen LogP contribution in [0.3, 0.4) is 0 Å². The van der Waals surface area contributed by atoms with E-state index in [9.17, 15) is 22.4 Å². The number of amides is 1. The molecule has 0 bridgehead atoms. The molecule has 7 heteroatoms. The Balaban J connectivity index is 1.99. The normalized spacial score (nSPS) is 17.0. The molecule has 21 heavy (non-hydrogen) atoms. The molecule has 1 unspecified atom stereocenters. The molecule has 0 radical (unpaired) electrons. The second-order valence-electron chi connectivity index (χ2n) is 4.54. The van der Waals surface area contributed by atoms with Crippen molar-refractivity contribution in [1.82, 2.24) is 5.32 Å². The number of hydrogen-bond acceptors (Lipinski definition) is 2. The first-order valence-electron chi connectivity index (χ1n) is 5.97. The topological polar surface area (TPSA) is 41.1 Å². The van der Waals surface area contributed by atoms with Gasteiger partial charge in [0.1, 0.15) is 6.17 Å². The van der Waals surface area contributed by atoms with Crippen LogP contribution in [0.1, 0.15) is 22.1 Å². The predicted molar refractivity (Wildman–Crippen MR) is 66.5 cm³/mol. The molecule has 0 aliphatic carbocycles. The average Bonchev–Trinajstić information content (AvgIpc) is 2.44. The van der Waals surface area contributed by atoms with Gasteiger partial charge in [0, 0.05) is 6.07 Å². The highest BCUT2D eigenvalue weighted by molar-refractivity contribution is 6.01. The number of fused-ring (bicyclic) bond motifs is 1. The first-order chi connectivity index (χ1) is 9.95. The molecule has 3 rings (SSSR count). The molecule has 1 atom stereocenters. The standard InChI is InChI=1S/C14H8F4N2O/c15-8-2-1-6(3-9(8)16)13-19-12-5-11(18)10(17)4-7(12)14(21)20-13/h1-5,13,19H,(H,20,21). The van der Waals surface area contributed by atoms with Gasteiger partial charge >= 0.3 is 0 Å². The molecule has 1 aliphatic heterocycles. The zero-order valence-corrected chi connectivity index (χ0v) is 10.4. The van der Waals surface area contributed by atoms with Crippen molar-refractivity contribution in [3.63, 3.8) is 0 Å². The van der Waals surface area contributed by atoms with E-state index in [0.29, 0.717) is 0 Å². The summed E-state index contributed by atoms with van der Waals surface area (Å²) < 4.78 is 52.5. The second-order valence-corrected chi connectivity index (χ2v) is 4.54. The van der Waals surface area contributed by atoms with Gasteiger partial charge in [0.15, 0.2) is 23.3 Å². The van der Waals surface area contributed by atoms with Gasteiger partial charge in [-0.05, 0) is 23.8 Å². The number of anilines is 1. The summed E-state index contributed by atoms with van der Waals surface area (Å²) >= 11 is 0. The van der Waals surface area contributed by atoms with E-state index in [1.807, 2.05) is 0 Å². The molecule has 2 aromatic rings. The lowest BCUT2D eigenvalue weighted by molar-refractivity contribution is 0.0935. The summed E-state index contributed by atoms with van der Waals surface area (Å²) in [6, 6.07) is 4.73. The number of benzene rings is 2. The van der Waals surface area contributed by atoms with Crippen LogP contribution in [0.4, 0.5) is 23.2 Å². The molecule has 0 saturated carbocycles. The highest BCUT2D eigenvalue weighted by Crippen LogP contribution is 2.28. The quantitative estimate of drug-likeness (QED) is 0.794. The van der Waals surface area contributed by atoms with Crippen LogP contribution in [-0.4, -0.2) is 5.91 Å². The lowest BCUT2D eigenvalue weighted by atomic mass is 10.1. The number of carbonyl (C=O) groups excluding carboxylic acids is 1. The van der Waals surface area contributed by atoms with Crippen molar-refractivity contribution < 1.29 is 22.4 Å².